The molecular weight excluding hydrogens is 652 g/mol. The Balaban J connectivity index is 3.74. The Bertz CT molecular complexity index is 909. The molecule has 0 saturated heterocycles. The number of aliphatic hydroxyl groups excluding tert-OH is 3. The Morgan fingerprint density at radius 3 is 1.40 bits per heavy atom. The van der Waals surface area contributed by atoms with Gasteiger partial charge in [-0.15, -0.1) is 0 Å². The van der Waals surface area contributed by atoms with Crippen LogP contribution in [-0.2, 0) is 19.1 Å². The third-order valence-corrected chi connectivity index (χ3v) is 9.34. The number of carbonyl (C=O) groups excluding carboxylic acids is 2. The van der Waals surface area contributed by atoms with Crippen molar-refractivity contribution in [3.8, 4) is 0 Å². The second-order valence-electron chi connectivity index (χ2n) is 14.4. The summed E-state index contributed by atoms with van der Waals surface area (Å²) in [6.45, 7) is 3.79. The van der Waals surface area contributed by atoms with Crippen molar-refractivity contribution in [3.63, 3.8) is 0 Å². The van der Waals surface area contributed by atoms with Gasteiger partial charge in [-0.1, -0.05) is 178 Å². The van der Waals surface area contributed by atoms with E-state index in [1.54, 1.807) is 0 Å². The maximum absolute atomic E-state index is 12.2. The van der Waals surface area contributed by atoms with Gasteiger partial charge in [0.05, 0.1) is 18.8 Å². The summed E-state index contributed by atoms with van der Waals surface area (Å²) in [6, 6.07) is 0. The molecule has 0 aromatic heterocycles. The molecule has 0 aliphatic rings. The fourth-order valence-corrected chi connectivity index (χ4v) is 6.00. The highest BCUT2D eigenvalue weighted by Crippen LogP contribution is 2.15. The van der Waals surface area contributed by atoms with Crippen LogP contribution >= 0.6 is 0 Å². The highest BCUT2D eigenvalue weighted by atomic mass is 16.6. The molecule has 0 aliphatic heterocycles. The standard InChI is InChI=1S/C45H80O7/c1-3-5-7-9-11-13-15-17-18-19-20-21-22-23-25-27-29-31-33-37-44(49)51-40-41(39-46)52-45(50)38-34-36-43(48)42(47)35-32-30-28-26-24-16-14-12-10-8-6-4-2/h6,8,12,14,24,26,30,32,41-43,46-48H,3-5,7,9-11,13,15-23,25,27-29,31,33-40H2,1-2H3/b8-6-,14-12-,26-24-,32-30-/t41-,42+,43+/m0/s1. The van der Waals surface area contributed by atoms with Gasteiger partial charge in [0.2, 0.25) is 0 Å². The number of esters is 2. The average Bonchev–Trinajstić information content (AvgIpc) is 3.14. The SMILES string of the molecule is CC/C=C\C/C=C\C/C=C\C/C=C\C[C@@H](O)[C@H](O)CCCC(=O)O[C@@H](CO)COC(=O)CCCCCCCCCCCCCCCCCCCCC. The van der Waals surface area contributed by atoms with Crippen LogP contribution in [0.25, 0.3) is 0 Å². The van der Waals surface area contributed by atoms with E-state index in [0.717, 1.165) is 44.9 Å². The number of hydrogen-bond donors (Lipinski definition) is 3. The Morgan fingerprint density at radius 2 is 0.942 bits per heavy atom. The predicted molar refractivity (Wildman–Crippen MR) is 217 cm³/mol. The zero-order chi connectivity index (χ0) is 38.2. The number of aliphatic hydroxyl groups is 3. The van der Waals surface area contributed by atoms with Gasteiger partial charge < -0.3 is 24.8 Å². The molecule has 0 radical (unpaired) electrons. The molecule has 0 spiro atoms. The molecule has 52 heavy (non-hydrogen) atoms. The molecule has 0 heterocycles. The van der Waals surface area contributed by atoms with Gasteiger partial charge in [-0.3, -0.25) is 9.59 Å². The van der Waals surface area contributed by atoms with Crippen molar-refractivity contribution in [2.45, 2.75) is 212 Å². The molecule has 7 nitrogen and oxygen atoms in total. The lowest BCUT2D eigenvalue weighted by atomic mass is 10.0. The Hall–Kier alpha value is -2.22. The Morgan fingerprint density at radius 1 is 0.519 bits per heavy atom. The first-order chi connectivity index (χ1) is 25.4. The molecule has 0 saturated carbocycles. The predicted octanol–water partition coefficient (Wildman–Crippen LogP) is 11.3. The van der Waals surface area contributed by atoms with Crippen LogP contribution < -0.4 is 0 Å². The fourth-order valence-electron chi connectivity index (χ4n) is 6.00. The van der Waals surface area contributed by atoms with Crippen LogP contribution in [0.2, 0.25) is 0 Å². The van der Waals surface area contributed by atoms with Crippen LogP contribution in [0, 0.1) is 0 Å². The Labute approximate surface area is 319 Å². The molecule has 0 fully saturated rings. The van der Waals surface area contributed by atoms with Gasteiger partial charge in [0.25, 0.3) is 0 Å². The normalized spacial score (nSPS) is 13.9. The van der Waals surface area contributed by atoms with Gasteiger partial charge in [0, 0.05) is 12.8 Å². The van der Waals surface area contributed by atoms with Gasteiger partial charge in [-0.2, -0.15) is 0 Å². The monoisotopic (exact) mass is 733 g/mol. The van der Waals surface area contributed by atoms with Gasteiger partial charge in [-0.25, -0.2) is 0 Å². The molecule has 0 aromatic carbocycles. The highest BCUT2D eigenvalue weighted by Gasteiger charge is 2.18. The van der Waals surface area contributed by atoms with Crippen molar-refractivity contribution in [2.24, 2.45) is 0 Å². The largest absolute Gasteiger partial charge is 0.462 e. The molecule has 302 valence electrons. The molecule has 0 bridgehead atoms. The molecule has 0 unspecified atom stereocenters. The third kappa shape index (κ3) is 36.2. The van der Waals surface area contributed by atoms with Crippen molar-refractivity contribution in [1.82, 2.24) is 0 Å². The van der Waals surface area contributed by atoms with Gasteiger partial charge in [0.15, 0.2) is 6.10 Å². The lowest BCUT2D eigenvalue weighted by molar-refractivity contribution is -0.161. The molecular formula is C45H80O7. The average molecular weight is 733 g/mol. The number of unbranched alkanes of at least 4 members (excludes halogenated alkanes) is 18. The number of rotatable bonds is 38. The fraction of sp³-hybridized carbons (Fsp3) is 0.778. The second kappa shape index (κ2) is 40.0. The number of ether oxygens (including phenoxy) is 2. The first-order valence-electron chi connectivity index (χ1n) is 21.4. The maximum Gasteiger partial charge on any atom is 0.306 e. The number of allylic oxidation sites excluding steroid dienone is 7. The zero-order valence-electron chi connectivity index (χ0n) is 33.5. The number of hydrogen-bond acceptors (Lipinski definition) is 7. The summed E-state index contributed by atoms with van der Waals surface area (Å²) in [6.07, 6.45) is 43.5. The van der Waals surface area contributed by atoms with Crippen molar-refractivity contribution in [2.75, 3.05) is 13.2 Å². The van der Waals surface area contributed by atoms with E-state index in [0.29, 0.717) is 19.3 Å². The third-order valence-electron chi connectivity index (χ3n) is 9.34. The summed E-state index contributed by atoms with van der Waals surface area (Å²) in [5, 5.41) is 30.0. The molecule has 0 amide bonds. The molecule has 0 aliphatic carbocycles. The number of carbonyl (C=O) groups is 2. The molecule has 0 rings (SSSR count). The molecule has 7 heteroatoms. The van der Waals surface area contributed by atoms with Crippen molar-refractivity contribution >= 4 is 11.9 Å². The summed E-state index contributed by atoms with van der Waals surface area (Å²) in [4.78, 5) is 24.4. The van der Waals surface area contributed by atoms with Gasteiger partial charge in [0.1, 0.15) is 6.61 Å². The molecule has 3 atom stereocenters. The molecule has 3 N–H and O–H groups in total. The quantitative estimate of drug-likeness (QED) is 0.0329. The second-order valence-corrected chi connectivity index (χ2v) is 14.4. The topological polar surface area (TPSA) is 113 Å². The summed E-state index contributed by atoms with van der Waals surface area (Å²) < 4.78 is 10.5. The van der Waals surface area contributed by atoms with Crippen LogP contribution in [0.15, 0.2) is 48.6 Å². The lowest BCUT2D eigenvalue weighted by Gasteiger charge is -2.17. The maximum atomic E-state index is 12.2. The van der Waals surface area contributed by atoms with Crippen molar-refractivity contribution < 1.29 is 34.4 Å². The smallest absolute Gasteiger partial charge is 0.306 e. The summed E-state index contributed by atoms with van der Waals surface area (Å²) >= 11 is 0. The first kappa shape index (κ1) is 49.8. The van der Waals surface area contributed by atoms with E-state index in [2.05, 4.69) is 50.3 Å². The minimum absolute atomic E-state index is 0.0392. The summed E-state index contributed by atoms with van der Waals surface area (Å²) in [5.74, 6) is -0.874. The summed E-state index contributed by atoms with van der Waals surface area (Å²) in [7, 11) is 0. The van der Waals surface area contributed by atoms with E-state index in [9.17, 15) is 24.9 Å². The summed E-state index contributed by atoms with van der Waals surface area (Å²) in [5.41, 5.74) is 0. The van der Waals surface area contributed by atoms with Crippen LogP contribution in [0.4, 0.5) is 0 Å². The lowest BCUT2D eigenvalue weighted by Crippen LogP contribution is -2.29. The molecule has 0 aromatic rings. The van der Waals surface area contributed by atoms with Crippen LogP contribution in [0.3, 0.4) is 0 Å². The van der Waals surface area contributed by atoms with Crippen LogP contribution in [-0.4, -0.2) is 58.8 Å². The Kier molecular flexibility index (Phi) is 38.3. The minimum Gasteiger partial charge on any atom is -0.462 e. The van der Waals surface area contributed by atoms with E-state index in [1.807, 2.05) is 12.2 Å². The van der Waals surface area contributed by atoms with E-state index in [-0.39, 0.29) is 25.4 Å². The zero-order valence-corrected chi connectivity index (χ0v) is 33.5. The van der Waals surface area contributed by atoms with Crippen molar-refractivity contribution in [1.29, 1.82) is 0 Å². The van der Waals surface area contributed by atoms with Crippen LogP contribution in [0.5, 0.6) is 0 Å². The van der Waals surface area contributed by atoms with Gasteiger partial charge in [-0.05, 0) is 51.4 Å². The van der Waals surface area contributed by atoms with E-state index >= 15 is 0 Å². The van der Waals surface area contributed by atoms with E-state index in [1.165, 1.54) is 103 Å². The van der Waals surface area contributed by atoms with Gasteiger partial charge >= 0.3 is 11.9 Å². The van der Waals surface area contributed by atoms with Crippen LogP contribution in [0.1, 0.15) is 194 Å². The first-order valence-corrected chi connectivity index (χ1v) is 21.4. The van der Waals surface area contributed by atoms with E-state index < -0.39 is 30.9 Å². The van der Waals surface area contributed by atoms with Crippen molar-refractivity contribution in [3.05, 3.63) is 48.6 Å². The minimum atomic E-state index is -0.946. The highest BCUT2D eigenvalue weighted by molar-refractivity contribution is 5.70. The van der Waals surface area contributed by atoms with E-state index in [4.69, 9.17) is 9.47 Å².